The van der Waals surface area contributed by atoms with Gasteiger partial charge in [-0.15, -0.1) is 0 Å². The first-order valence-corrected chi connectivity index (χ1v) is 3.10. The van der Waals surface area contributed by atoms with Gasteiger partial charge in [0.1, 0.15) is 0 Å². The first-order valence-electron chi connectivity index (χ1n) is 3.10. The molecular weight excluding hydrogens is 130 g/mol. The number of aromatic nitrogens is 2. The lowest BCUT2D eigenvalue weighted by Crippen LogP contribution is -2.10. The highest BCUT2D eigenvalue weighted by Gasteiger charge is 2.05. The molecule has 1 aromatic rings. The lowest BCUT2D eigenvalue weighted by atomic mass is 10.2. The lowest BCUT2D eigenvalue weighted by Gasteiger charge is -2.01. The van der Waals surface area contributed by atoms with Gasteiger partial charge in [-0.1, -0.05) is 0 Å². The van der Waals surface area contributed by atoms with Gasteiger partial charge in [-0.25, -0.2) is 0 Å². The zero-order chi connectivity index (χ0) is 7.56. The van der Waals surface area contributed by atoms with Crippen molar-refractivity contribution < 1.29 is 5.11 Å². The summed E-state index contributed by atoms with van der Waals surface area (Å²) in [7, 11) is 1.80. The number of aliphatic hydroxyl groups excluding tert-OH is 1. The Morgan fingerprint density at radius 1 is 1.90 bits per heavy atom. The van der Waals surface area contributed by atoms with Gasteiger partial charge in [0.2, 0.25) is 0 Å². The average molecular weight is 141 g/mol. The number of hydrogen-bond acceptors (Lipinski definition) is 3. The van der Waals surface area contributed by atoms with E-state index < -0.39 is 6.10 Å². The predicted octanol–water partition coefficient (Wildman–Crippen LogP) is -0.588. The van der Waals surface area contributed by atoms with Crippen LogP contribution in [0, 0.1) is 0 Å². The highest BCUT2D eigenvalue weighted by molar-refractivity contribution is 5.07. The normalized spacial score (nSPS) is 13.5. The van der Waals surface area contributed by atoms with E-state index in [1.807, 2.05) is 0 Å². The Labute approximate surface area is 59.3 Å². The molecule has 10 heavy (non-hydrogen) atoms. The Morgan fingerprint density at radius 2 is 2.60 bits per heavy atom. The molecule has 3 N–H and O–H groups in total. The summed E-state index contributed by atoms with van der Waals surface area (Å²) in [5.74, 6) is 0. The summed E-state index contributed by atoms with van der Waals surface area (Å²) in [6.45, 7) is 0.242. The molecule has 0 amide bonds. The summed E-state index contributed by atoms with van der Waals surface area (Å²) in [5.41, 5.74) is 5.99. The van der Waals surface area contributed by atoms with Crippen molar-refractivity contribution in [2.75, 3.05) is 6.54 Å². The summed E-state index contributed by atoms with van der Waals surface area (Å²) < 4.78 is 1.63. The van der Waals surface area contributed by atoms with Crippen LogP contribution in [0.5, 0.6) is 0 Å². The summed E-state index contributed by atoms with van der Waals surface area (Å²) in [6.07, 6.45) is 2.78. The average Bonchev–Trinajstić information content (AvgIpc) is 2.34. The van der Waals surface area contributed by atoms with Crippen molar-refractivity contribution in [3.05, 3.63) is 18.0 Å². The van der Waals surface area contributed by atoms with E-state index in [2.05, 4.69) is 5.10 Å². The van der Waals surface area contributed by atoms with Gasteiger partial charge in [0.05, 0.1) is 12.3 Å². The van der Waals surface area contributed by atoms with Gasteiger partial charge >= 0.3 is 0 Å². The molecule has 0 fully saturated rings. The van der Waals surface area contributed by atoms with Gasteiger partial charge in [0.25, 0.3) is 0 Å². The van der Waals surface area contributed by atoms with Gasteiger partial charge in [0.15, 0.2) is 0 Å². The molecule has 4 heteroatoms. The topological polar surface area (TPSA) is 64.1 Å². The molecule has 0 saturated carbocycles. The second kappa shape index (κ2) is 2.81. The maximum atomic E-state index is 9.16. The fourth-order valence-corrected chi connectivity index (χ4v) is 0.748. The van der Waals surface area contributed by atoms with Gasteiger partial charge in [-0.05, 0) is 0 Å². The van der Waals surface area contributed by atoms with Crippen molar-refractivity contribution in [2.24, 2.45) is 12.8 Å². The van der Waals surface area contributed by atoms with E-state index in [0.29, 0.717) is 0 Å². The number of aryl methyl sites for hydroxylation is 1. The molecule has 0 spiro atoms. The van der Waals surface area contributed by atoms with Crippen LogP contribution < -0.4 is 5.73 Å². The highest BCUT2D eigenvalue weighted by atomic mass is 16.3. The monoisotopic (exact) mass is 141 g/mol. The summed E-state index contributed by atoms with van der Waals surface area (Å²) in [5, 5.41) is 13.1. The van der Waals surface area contributed by atoms with E-state index in [-0.39, 0.29) is 6.54 Å². The molecule has 1 aromatic heterocycles. The van der Waals surface area contributed by atoms with Gasteiger partial charge in [-0.2, -0.15) is 5.10 Å². The Bertz CT molecular complexity index is 209. The molecule has 0 radical (unpaired) electrons. The molecule has 1 heterocycles. The fourth-order valence-electron chi connectivity index (χ4n) is 0.748. The fraction of sp³-hybridized carbons (Fsp3) is 0.500. The number of aliphatic hydroxyl groups is 1. The van der Waals surface area contributed by atoms with Crippen molar-refractivity contribution in [2.45, 2.75) is 6.10 Å². The van der Waals surface area contributed by atoms with Crippen LogP contribution in [-0.4, -0.2) is 21.4 Å². The minimum atomic E-state index is -0.575. The highest BCUT2D eigenvalue weighted by Crippen LogP contribution is 2.07. The van der Waals surface area contributed by atoms with E-state index in [4.69, 9.17) is 10.8 Å². The molecule has 1 unspecified atom stereocenters. The van der Waals surface area contributed by atoms with Gasteiger partial charge < -0.3 is 10.8 Å². The van der Waals surface area contributed by atoms with Crippen LogP contribution >= 0.6 is 0 Å². The smallest absolute Gasteiger partial charge is 0.0942 e. The number of rotatable bonds is 2. The Morgan fingerprint density at radius 3 is 3.00 bits per heavy atom. The minimum absolute atomic E-state index is 0.242. The molecule has 0 bridgehead atoms. The van der Waals surface area contributed by atoms with E-state index in [9.17, 15) is 0 Å². The quantitative estimate of drug-likeness (QED) is 0.578. The summed E-state index contributed by atoms with van der Waals surface area (Å²) in [6, 6.07) is 0. The molecule has 0 aromatic carbocycles. The lowest BCUT2D eigenvalue weighted by molar-refractivity contribution is 0.186. The third-order valence-corrected chi connectivity index (χ3v) is 1.33. The third-order valence-electron chi connectivity index (χ3n) is 1.33. The van der Waals surface area contributed by atoms with E-state index >= 15 is 0 Å². The SMILES string of the molecule is Cn1cc(C(O)CN)cn1. The number of nitrogens with zero attached hydrogens (tertiary/aromatic N) is 2. The van der Waals surface area contributed by atoms with Crippen LogP contribution in [-0.2, 0) is 7.05 Å². The Balaban J connectivity index is 2.74. The molecule has 4 nitrogen and oxygen atoms in total. The van der Waals surface area contributed by atoms with Crippen molar-refractivity contribution in [3.63, 3.8) is 0 Å². The molecule has 0 aliphatic heterocycles. The van der Waals surface area contributed by atoms with Gasteiger partial charge in [-0.3, -0.25) is 4.68 Å². The predicted molar refractivity (Wildman–Crippen MR) is 37.2 cm³/mol. The summed E-state index contributed by atoms with van der Waals surface area (Å²) in [4.78, 5) is 0. The zero-order valence-electron chi connectivity index (χ0n) is 5.86. The van der Waals surface area contributed by atoms with Crippen molar-refractivity contribution in [3.8, 4) is 0 Å². The van der Waals surface area contributed by atoms with Crippen molar-refractivity contribution in [1.29, 1.82) is 0 Å². The molecule has 1 atom stereocenters. The number of hydrogen-bond donors (Lipinski definition) is 2. The summed E-state index contributed by atoms with van der Waals surface area (Å²) >= 11 is 0. The van der Waals surface area contributed by atoms with Crippen molar-refractivity contribution in [1.82, 2.24) is 9.78 Å². The van der Waals surface area contributed by atoms with Gasteiger partial charge in [0, 0.05) is 25.4 Å². The zero-order valence-corrected chi connectivity index (χ0v) is 5.86. The van der Waals surface area contributed by atoms with Crippen LogP contribution in [0.4, 0.5) is 0 Å². The first-order chi connectivity index (χ1) is 4.74. The molecule has 1 rings (SSSR count). The molecular formula is C6H11N3O. The van der Waals surface area contributed by atoms with Crippen molar-refractivity contribution >= 4 is 0 Å². The van der Waals surface area contributed by atoms with Crippen LogP contribution in [0.2, 0.25) is 0 Å². The molecule has 0 aliphatic rings. The van der Waals surface area contributed by atoms with E-state index in [1.54, 1.807) is 24.1 Å². The van der Waals surface area contributed by atoms with Crippen LogP contribution in [0.3, 0.4) is 0 Å². The van der Waals surface area contributed by atoms with Crippen LogP contribution in [0.25, 0.3) is 0 Å². The van der Waals surface area contributed by atoms with E-state index in [0.717, 1.165) is 5.56 Å². The number of nitrogens with two attached hydrogens (primary N) is 1. The minimum Gasteiger partial charge on any atom is -0.387 e. The first kappa shape index (κ1) is 7.24. The molecule has 56 valence electrons. The second-order valence-electron chi connectivity index (χ2n) is 2.20. The van der Waals surface area contributed by atoms with E-state index in [1.165, 1.54) is 0 Å². The molecule has 0 saturated heterocycles. The Hall–Kier alpha value is -0.870. The largest absolute Gasteiger partial charge is 0.387 e. The van der Waals surface area contributed by atoms with Crippen LogP contribution in [0.1, 0.15) is 11.7 Å². The van der Waals surface area contributed by atoms with Crippen LogP contribution in [0.15, 0.2) is 12.4 Å². The third kappa shape index (κ3) is 1.34. The molecule has 0 aliphatic carbocycles. The second-order valence-corrected chi connectivity index (χ2v) is 2.20. The Kier molecular flexibility index (Phi) is 2.03. The maximum absolute atomic E-state index is 9.16. The maximum Gasteiger partial charge on any atom is 0.0942 e. The standard InChI is InChI=1S/C6H11N3O/c1-9-4-5(3-8-9)6(10)2-7/h3-4,6,10H,2,7H2,1H3.